The van der Waals surface area contributed by atoms with E-state index in [-0.39, 0.29) is 5.91 Å². The van der Waals surface area contributed by atoms with E-state index in [1.807, 2.05) is 12.1 Å². The number of hydrogen-bond acceptors (Lipinski definition) is 3. The summed E-state index contributed by atoms with van der Waals surface area (Å²) < 4.78 is 5.41. The van der Waals surface area contributed by atoms with Gasteiger partial charge < -0.3 is 9.64 Å². The topological polar surface area (TPSA) is 32.8 Å². The molecule has 0 N–H and O–H groups in total. The Bertz CT molecular complexity index is 740. The fraction of sp³-hybridized carbons (Fsp3) is 0.476. The Hall–Kier alpha value is -1.91. The van der Waals surface area contributed by atoms with Crippen LogP contribution in [-0.4, -0.2) is 61.6 Å². The first-order valence-electron chi connectivity index (χ1n) is 9.33. The predicted molar refractivity (Wildman–Crippen MR) is 99.6 cm³/mol. The Morgan fingerprint density at radius 1 is 1.04 bits per heavy atom. The van der Waals surface area contributed by atoms with Gasteiger partial charge in [-0.3, -0.25) is 9.69 Å². The first-order chi connectivity index (χ1) is 12.3. The summed E-state index contributed by atoms with van der Waals surface area (Å²) in [5.41, 5.74) is 1.11. The van der Waals surface area contributed by atoms with Gasteiger partial charge in [-0.25, -0.2) is 0 Å². The molecule has 0 aromatic heterocycles. The second-order valence-corrected chi connectivity index (χ2v) is 7.27. The van der Waals surface area contributed by atoms with Gasteiger partial charge >= 0.3 is 0 Å². The molecule has 25 heavy (non-hydrogen) atoms. The zero-order valence-electron chi connectivity index (χ0n) is 14.7. The van der Waals surface area contributed by atoms with Gasteiger partial charge in [0.25, 0.3) is 0 Å². The lowest BCUT2D eigenvalue weighted by atomic mass is 10.0. The molecule has 4 nitrogen and oxygen atoms in total. The van der Waals surface area contributed by atoms with Crippen molar-refractivity contribution in [3.05, 3.63) is 48.0 Å². The summed E-state index contributed by atoms with van der Waals surface area (Å²) in [6.45, 7) is 6.66. The van der Waals surface area contributed by atoms with Crippen molar-refractivity contribution in [1.29, 1.82) is 0 Å². The van der Waals surface area contributed by atoms with Crippen LogP contribution >= 0.6 is 0 Å². The van der Waals surface area contributed by atoms with Crippen LogP contribution in [0.5, 0.6) is 0 Å². The number of likely N-dealkylation sites (tertiary alicyclic amines) is 1. The van der Waals surface area contributed by atoms with E-state index in [2.05, 4.69) is 40.1 Å². The van der Waals surface area contributed by atoms with Gasteiger partial charge in [0.05, 0.1) is 19.6 Å². The summed E-state index contributed by atoms with van der Waals surface area (Å²) in [5.74, 6) is 0.874. The van der Waals surface area contributed by atoms with Crippen LogP contribution in [0.15, 0.2) is 42.5 Å². The molecule has 0 unspecified atom stereocenters. The number of amides is 1. The standard InChI is InChI=1S/C21H26N2O2/c24-21(14-17-5-6-19-3-1-2-4-20(19)13-17)23-8-7-18(16-23)15-22-9-11-25-12-10-22/h1-6,13,18H,7-12,14-16H2/t18-/m0/s1. The molecule has 2 saturated heterocycles. The highest BCUT2D eigenvalue weighted by Crippen LogP contribution is 2.21. The molecule has 0 aliphatic carbocycles. The highest BCUT2D eigenvalue weighted by atomic mass is 16.5. The summed E-state index contributed by atoms with van der Waals surface area (Å²) in [6.07, 6.45) is 1.63. The molecule has 1 amide bonds. The molecule has 0 radical (unpaired) electrons. The number of morpholine rings is 1. The zero-order valence-corrected chi connectivity index (χ0v) is 14.7. The first-order valence-corrected chi connectivity index (χ1v) is 9.33. The van der Waals surface area contributed by atoms with E-state index < -0.39 is 0 Å². The van der Waals surface area contributed by atoms with Crippen LogP contribution in [0.4, 0.5) is 0 Å². The van der Waals surface area contributed by atoms with E-state index in [1.54, 1.807) is 0 Å². The van der Waals surface area contributed by atoms with Crippen molar-refractivity contribution < 1.29 is 9.53 Å². The maximum absolute atomic E-state index is 12.7. The number of fused-ring (bicyclic) bond motifs is 1. The van der Waals surface area contributed by atoms with E-state index >= 15 is 0 Å². The molecule has 2 fully saturated rings. The summed E-state index contributed by atoms with van der Waals surface area (Å²) in [6, 6.07) is 14.7. The van der Waals surface area contributed by atoms with Crippen LogP contribution in [0.1, 0.15) is 12.0 Å². The fourth-order valence-corrected chi connectivity index (χ4v) is 3.99. The monoisotopic (exact) mass is 338 g/mol. The molecule has 2 aliphatic rings. The van der Waals surface area contributed by atoms with E-state index in [1.165, 1.54) is 10.8 Å². The van der Waals surface area contributed by atoms with Crippen molar-refractivity contribution in [3.8, 4) is 0 Å². The van der Waals surface area contributed by atoms with Gasteiger partial charge in [-0.05, 0) is 28.7 Å². The van der Waals surface area contributed by atoms with Crippen LogP contribution < -0.4 is 0 Å². The van der Waals surface area contributed by atoms with E-state index in [4.69, 9.17) is 4.74 Å². The van der Waals surface area contributed by atoms with Gasteiger partial charge in [0.2, 0.25) is 5.91 Å². The first kappa shape index (κ1) is 16.6. The Morgan fingerprint density at radius 2 is 1.84 bits per heavy atom. The largest absolute Gasteiger partial charge is 0.379 e. The van der Waals surface area contributed by atoms with Crippen molar-refractivity contribution in [2.45, 2.75) is 12.8 Å². The third-order valence-electron chi connectivity index (χ3n) is 5.43. The minimum atomic E-state index is 0.264. The summed E-state index contributed by atoms with van der Waals surface area (Å²) in [5, 5.41) is 2.44. The van der Waals surface area contributed by atoms with Crippen LogP contribution in [-0.2, 0) is 16.0 Å². The minimum absolute atomic E-state index is 0.264. The van der Waals surface area contributed by atoms with E-state index in [9.17, 15) is 4.79 Å². The average Bonchev–Trinajstić information content (AvgIpc) is 3.11. The van der Waals surface area contributed by atoms with Crippen molar-refractivity contribution in [2.24, 2.45) is 5.92 Å². The van der Waals surface area contributed by atoms with Crippen LogP contribution in [0.25, 0.3) is 10.8 Å². The van der Waals surface area contributed by atoms with Gasteiger partial charge in [0, 0.05) is 32.7 Å². The van der Waals surface area contributed by atoms with E-state index in [0.717, 1.165) is 57.9 Å². The number of rotatable bonds is 4. The van der Waals surface area contributed by atoms with Crippen molar-refractivity contribution in [2.75, 3.05) is 45.9 Å². The van der Waals surface area contributed by atoms with Crippen molar-refractivity contribution in [3.63, 3.8) is 0 Å². The summed E-state index contributed by atoms with van der Waals surface area (Å²) >= 11 is 0. The second-order valence-electron chi connectivity index (χ2n) is 7.27. The molecule has 0 spiro atoms. The number of hydrogen-bond donors (Lipinski definition) is 0. The highest BCUT2D eigenvalue weighted by Gasteiger charge is 2.28. The number of ether oxygens (including phenoxy) is 1. The molecular weight excluding hydrogens is 312 g/mol. The number of nitrogens with zero attached hydrogens (tertiary/aromatic N) is 2. The molecule has 2 aliphatic heterocycles. The molecule has 2 heterocycles. The van der Waals surface area contributed by atoms with Gasteiger partial charge in [-0.1, -0.05) is 42.5 Å². The number of benzene rings is 2. The molecule has 0 bridgehead atoms. The predicted octanol–water partition coefficient (Wildman–Crippen LogP) is 2.56. The quantitative estimate of drug-likeness (QED) is 0.859. The number of carbonyl (C=O) groups is 1. The lowest BCUT2D eigenvalue weighted by Crippen LogP contribution is -2.40. The SMILES string of the molecule is O=C(Cc1ccc2ccccc2c1)N1CC[C@@H](CN2CCOCC2)C1. The van der Waals surface area contributed by atoms with E-state index in [0.29, 0.717) is 12.3 Å². The third kappa shape index (κ3) is 4.02. The van der Waals surface area contributed by atoms with Gasteiger partial charge in [-0.2, -0.15) is 0 Å². The second kappa shape index (κ2) is 7.54. The molecule has 1 atom stereocenters. The van der Waals surface area contributed by atoms with Crippen LogP contribution in [0.3, 0.4) is 0 Å². The van der Waals surface area contributed by atoms with Crippen molar-refractivity contribution >= 4 is 16.7 Å². The molecular formula is C21H26N2O2. The normalized spacial score (nSPS) is 21.8. The Balaban J connectivity index is 1.33. The third-order valence-corrected chi connectivity index (χ3v) is 5.43. The lowest BCUT2D eigenvalue weighted by molar-refractivity contribution is -0.129. The maximum Gasteiger partial charge on any atom is 0.226 e. The lowest BCUT2D eigenvalue weighted by Gasteiger charge is -2.29. The van der Waals surface area contributed by atoms with Gasteiger partial charge in [-0.15, -0.1) is 0 Å². The fourth-order valence-electron chi connectivity index (χ4n) is 3.99. The minimum Gasteiger partial charge on any atom is -0.379 e. The molecule has 132 valence electrons. The Labute approximate surface area is 149 Å². The van der Waals surface area contributed by atoms with Crippen LogP contribution in [0, 0.1) is 5.92 Å². The maximum atomic E-state index is 12.7. The smallest absolute Gasteiger partial charge is 0.226 e. The van der Waals surface area contributed by atoms with Crippen molar-refractivity contribution in [1.82, 2.24) is 9.80 Å². The molecule has 2 aromatic carbocycles. The molecule has 4 heteroatoms. The highest BCUT2D eigenvalue weighted by molar-refractivity contribution is 5.85. The molecule has 0 saturated carbocycles. The summed E-state index contributed by atoms with van der Waals surface area (Å²) in [4.78, 5) is 17.2. The molecule has 2 aromatic rings. The molecule has 4 rings (SSSR count). The van der Waals surface area contributed by atoms with Gasteiger partial charge in [0.1, 0.15) is 0 Å². The average molecular weight is 338 g/mol. The summed E-state index contributed by atoms with van der Waals surface area (Å²) in [7, 11) is 0. The van der Waals surface area contributed by atoms with Gasteiger partial charge in [0.15, 0.2) is 0 Å². The number of carbonyl (C=O) groups excluding carboxylic acids is 1. The zero-order chi connectivity index (χ0) is 17.1. The van der Waals surface area contributed by atoms with Crippen LogP contribution in [0.2, 0.25) is 0 Å². The Morgan fingerprint density at radius 3 is 2.68 bits per heavy atom. The Kier molecular flexibility index (Phi) is 4.99.